The van der Waals surface area contributed by atoms with Crippen molar-refractivity contribution in [2.45, 2.75) is 6.42 Å². The zero-order valence-corrected chi connectivity index (χ0v) is 9.86. The Bertz CT molecular complexity index is 597. The second kappa shape index (κ2) is 5.48. The third kappa shape index (κ3) is 3.51. The van der Waals surface area contributed by atoms with Crippen LogP contribution in [0.5, 0.6) is 0 Å². The zero-order chi connectivity index (χ0) is 13.8. The number of nitrogens with one attached hydrogen (secondary N) is 1. The molecular formula is C14H11F2NO2. The van der Waals surface area contributed by atoms with E-state index in [2.05, 4.69) is 5.32 Å². The average molecular weight is 263 g/mol. The quantitative estimate of drug-likeness (QED) is 0.889. The van der Waals surface area contributed by atoms with Crippen molar-refractivity contribution in [1.29, 1.82) is 0 Å². The van der Waals surface area contributed by atoms with Gasteiger partial charge in [-0.25, -0.2) is 8.78 Å². The first kappa shape index (κ1) is 13.0. The molecule has 0 saturated carbocycles. The van der Waals surface area contributed by atoms with E-state index in [1.165, 1.54) is 6.07 Å². The van der Waals surface area contributed by atoms with Crippen molar-refractivity contribution in [2.75, 3.05) is 5.32 Å². The molecule has 0 aliphatic rings. The maximum absolute atomic E-state index is 13.0. The van der Waals surface area contributed by atoms with Gasteiger partial charge in [0.2, 0.25) is 0 Å². The van der Waals surface area contributed by atoms with Crippen LogP contribution in [0.2, 0.25) is 0 Å². The van der Waals surface area contributed by atoms with Crippen molar-refractivity contribution in [2.24, 2.45) is 0 Å². The fourth-order valence-electron chi connectivity index (χ4n) is 1.62. The minimum Gasteiger partial charge on any atom is -0.481 e. The van der Waals surface area contributed by atoms with E-state index in [1.807, 2.05) is 0 Å². The van der Waals surface area contributed by atoms with E-state index >= 15 is 0 Å². The van der Waals surface area contributed by atoms with Crippen LogP contribution in [0.3, 0.4) is 0 Å². The van der Waals surface area contributed by atoms with Crippen LogP contribution in [0.15, 0.2) is 42.5 Å². The Labute approximate surface area is 108 Å². The van der Waals surface area contributed by atoms with Crippen LogP contribution >= 0.6 is 0 Å². The molecule has 2 N–H and O–H groups in total. The van der Waals surface area contributed by atoms with Crippen molar-refractivity contribution in [1.82, 2.24) is 0 Å². The molecule has 2 rings (SSSR count). The second-order valence-electron chi connectivity index (χ2n) is 4.02. The number of carboxylic acid groups (broad SMARTS) is 1. The first-order valence-corrected chi connectivity index (χ1v) is 5.57. The van der Waals surface area contributed by atoms with Gasteiger partial charge in [0.15, 0.2) is 11.6 Å². The van der Waals surface area contributed by atoms with Crippen LogP contribution in [-0.4, -0.2) is 11.1 Å². The Morgan fingerprint density at radius 3 is 2.21 bits per heavy atom. The number of halogens is 2. The van der Waals surface area contributed by atoms with Gasteiger partial charge in [0.25, 0.3) is 0 Å². The van der Waals surface area contributed by atoms with Crippen molar-refractivity contribution in [3.8, 4) is 0 Å². The monoisotopic (exact) mass is 263 g/mol. The summed E-state index contributed by atoms with van der Waals surface area (Å²) in [6.07, 6.45) is -0.0501. The lowest BCUT2D eigenvalue weighted by atomic mass is 10.1. The molecule has 98 valence electrons. The average Bonchev–Trinajstić information content (AvgIpc) is 2.36. The lowest BCUT2D eigenvalue weighted by Gasteiger charge is -2.07. The Morgan fingerprint density at radius 1 is 1.00 bits per heavy atom. The van der Waals surface area contributed by atoms with E-state index in [4.69, 9.17) is 5.11 Å². The normalized spacial score (nSPS) is 10.2. The predicted molar refractivity (Wildman–Crippen MR) is 67.4 cm³/mol. The topological polar surface area (TPSA) is 49.3 Å². The minimum atomic E-state index is -0.924. The summed E-state index contributed by atoms with van der Waals surface area (Å²) >= 11 is 0. The summed E-state index contributed by atoms with van der Waals surface area (Å²) in [4.78, 5) is 10.5. The smallest absolute Gasteiger partial charge is 0.307 e. The van der Waals surface area contributed by atoms with E-state index in [0.29, 0.717) is 16.9 Å². The number of hydrogen-bond donors (Lipinski definition) is 2. The number of rotatable bonds is 4. The molecule has 5 heteroatoms. The third-order valence-electron chi connectivity index (χ3n) is 2.52. The third-order valence-corrected chi connectivity index (χ3v) is 2.52. The maximum Gasteiger partial charge on any atom is 0.307 e. The molecule has 0 aromatic heterocycles. The molecule has 0 heterocycles. The highest BCUT2D eigenvalue weighted by atomic mass is 19.2. The zero-order valence-electron chi connectivity index (χ0n) is 9.86. The lowest BCUT2D eigenvalue weighted by Crippen LogP contribution is -2.00. The highest BCUT2D eigenvalue weighted by molar-refractivity contribution is 5.70. The molecule has 2 aromatic carbocycles. The van der Waals surface area contributed by atoms with Crippen LogP contribution < -0.4 is 5.32 Å². The lowest BCUT2D eigenvalue weighted by molar-refractivity contribution is -0.136. The van der Waals surface area contributed by atoms with Gasteiger partial charge in [-0.15, -0.1) is 0 Å². The standard InChI is InChI=1S/C14H11F2NO2/c15-12-6-5-11(8-13(12)16)17-10-3-1-9(2-4-10)7-14(18)19/h1-6,8,17H,7H2,(H,18,19). The van der Waals surface area contributed by atoms with Gasteiger partial charge in [-0.2, -0.15) is 0 Å². The molecule has 0 atom stereocenters. The summed E-state index contributed by atoms with van der Waals surface area (Å²) in [5, 5.41) is 11.5. The molecular weight excluding hydrogens is 252 g/mol. The Morgan fingerprint density at radius 2 is 1.63 bits per heavy atom. The number of anilines is 2. The van der Waals surface area contributed by atoms with Crippen LogP contribution in [0.25, 0.3) is 0 Å². The molecule has 2 aromatic rings. The number of carbonyl (C=O) groups is 1. The second-order valence-corrected chi connectivity index (χ2v) is 4.02. The number of aliphatic carboxylic acids is 1. The van der Waals surface area contributed by atoms with Crippen molar-refractivity contribution < 1.29 is 18.7 Å². The van der Waals surface area contributed by atoms with E-state index in [0.717, 1.165) is 12.1 Å². The summed E-state index contributed by atoms with van der Waals surface area (Å²) in [6.45, 7) is 0. The molecule has 0 amide bonds. The molecule has 0 bridgehead atoms. The first-order valence-electron chi connectivity index (χ1n) is 5.57. The van der Waals surface area contributed by atoms with Gasteiger partial charge in [0, 0.05) is 17.4 Å². The van der Waals surface area contributed by atoms with E-state index in [1.54, 1.807) is 24.3 Å². The van der Waals surface area contributed by atoms with Gasteiger partial charge in [-0.3, -0.25) is 4.79 Å². The van der Waals surface area contributed by atoms with Gasteiger partial charge in [0.1, 0.15) is 0 Å². The van der Waals surface area contributed by atoms with Gasteiger partial charge >= 0.3 is 5.97 Å². The summed E-state index contributed by atoms with van der Waals surface area (Å²) < 4.78 is 25.8. The highest BCUT2D eigenvalue weighted by Gasteiger charge is 2.03. The van der Waals surface area contributed by atoms with Gasteiger partial charge < -0.3 is 10.4 Å². The molecule has 19 heavy (non-hydrogen) atoms. The van der Waals surface area contributed by atoms with Crippen LogP contribution in [0.4, 0.5) is 20.2 Å². The molecule has 0 aliphatic carbocycles. The molecule has 0 radical (unpaired) electrons. The fraction of sp³-hybridized carbons (Fsp3) is 0.0714. The van der Waals surface area contributed by atoms with E-state index < -0.39 is 17.6 Å². The largest absolute Gasteiger partial charge is 0.481 e. The summed E-state index contributed by atoms with van der Waals surface area (Å²) in [7, 11) is 0. The number of benzene rings is 2. The van der Waals surface area contributed by atoms with Gasteiger partial charge in [-0.1, -0.05) is 12.1 Å². The Kier molecular flexibility index (Phi) is 3.75. The molecule has 0 unspecified atom stereocenters. The van der Waals surface area contributed by atoms with Crippen molar-refractivity contribution in [3.63, 3.8) is 0 Å². The molecule has 3 nitrogen and oxygen atoms in total. The minimum absolute atomic E-state index is 0.0501. The predicted octanol–water partition coefficient (Wildman–Crippen LogP) is 3.34. The maximum atomic E-state index is 13.0. The molecule has 0 saturated heterocycles. The van der Waals surface area contributed by atoms with Gasteiger partial charge in [0.05, 0.1) is 6.42 Å². The number of carboxylic acids is 1. The number of hydrogen-bond acceptors (Lipinski definition) is 2. The summed E-state index contributed by atoms with van der Waals surface area (Å²) in [6, 6.07) is 10.2. The summed E-state index contributed by atoms with van der Waals surface area (Å²) in [5.74, 6) is -2.73. The molecule has 0 aliphatic heterocycles. The SMILES string of the molecule is O=C(O)Cc1ccc(Nc2ccc(F)c(F)c2)cc1. The van der Waals surface area contributed by atoms with E-state index in [9.17, 15) is 13.6 Å². The van der Waals surface area contributed by atoms with Gasteiger partial charge in [-0.05, 0) is 29.8 Å². The van der Waals surface area contributed by atoms with Crippen LogP contribution in [0.1, 0.15) is 5.56 Å². The van der Waals surface area contributed by atoms with Crippen molar-refractivity contribution in [3.05, 3.63) is 59.7 Å². The molecule has 0 spiro atoms. The van der Waals surface area contributed by atoms with E-state index in [-0.39, 0.29) is 6.42 Å². The van der Waals surface area contributed by atoms with Crippen LogP contribution in [-0.2, 0) is 11.2 Å². The molecule has 0 fully saturated rings. The fourth-order valence-corrected chi connectivity index (χ4v) is 1.62. The van der Waals surface area contributed by atoms with Crippen molar-refractivity contribution >= 4 is 17.3 Å². The Hall–Kier alpha value is -2.43. The highest BCUT2D eigenvalue weighted by Crippen LogP contribution is 2.19. The summed E-state index contributed by atoms with van der Waals surface area (Å²) in [5.41, 5.74) is 1.76. The van der Waals surface area contributed by atoms with Crippen LogP contribution in [0, 0.1) is 11.6 Å². The first-order chi connectivity index (χ1) is 9.04. The Balaban J connectivity index is 2.10.